The van der Waals surface area contributed by atoms with Gasteiger partial charge in [0.1, 0.15) is 5.15 Å². The van der Waals surface area contributed by atoms with Gasteiger partial charge in [-0.3, -0.25) is 0 Å². The van der Waals surface area contributed by atoms with Crippen molar-refractivity contribution in [3.05, 3.63) is 46.7 Å². The van der Waals surface area contributed by atoms with Gasteiger partial charge in [0.25, 0.3) is 0 Å². The normalized spacial score (nSPS) is 11.3. The number of rotatable bonds is 1. The summed E-state index contributed by atoms with van der Waals surface area (Å²) in [6, 6.07) is 11.2. The second-order valence-corrected chi connectivity index (χ2v) is 5.56. The first-order chi connectivity index (χ1) is 8.41. The maximum absolute atomic E-state index is 8.90. The molecule has 0 atom stereocenters. The molecule has 0 bridgehead atoms. The molecule has 0 aliphatic carbocycles. The molecular weight excluding hydrogens is 246 g/mol. The second kappa shape index (κ2) is 4.47. The number of hydrogen-bond donors (Lipinski definition) is 0. The molecule has 2 rings (SSSR count). The Hall–Kier alpha value is -1.79. The van der Waals surface area contributed by atoms with Crippen LogP contribution in [0, 0.1) is 11.3 Å². The van der Waals surface area contributed by atoms with E-state index in [4.69, 9.17) is 16.9 Å². The predicted octanol–water partition coefficient (Wildman–Crippen LogP) is 3.69. The highest BCUT2D eigenvalue weighted by molar-refractivity contribution is 6.29. The van der Waals surface area contributed by atoms with Crippen LogP contribution in [0.15, 0.2) is 30.3 Å². The molecule has 0 unspecified atom stereocenters. The second-order valence-electron chi connectivity index (χ2n) is 5.18. The number of nitriles is 1. The molecule has 18 heavy (non-hydrogen) atoms. The average molecular weight is 260 g/mol. The third-order valence-corrected chi connectivity index (χ3v) is 2.92. The molecule has 92 valence electrons. The molecule has 1 aromatic heterocycles. The zero-order valence-corrected chi connectivity index (χ0v) is 11.4. The van der Waals surface area contributed by atoms with E-state index in [0.717, 1.165) is 11.4 Å². The lowest BCUT2D eigenvalue weighted by Crippen LogP contribution is -2.12. The largest absolute Gasteiger partial charge is 0.222 e. The highest BCUT2D eigenvalue weighted by atomic mass is 35.5. The summed E-state index contributed by atoms with van der Waals surface area (Å²) in [4.78, 5) is 0. The van der Waals surface area contributed by atoms with E-state index >= 15 is 0 Å². The molecular formula is C14H14ClN3. The molecule has 3 nitrogen and oxygen atoms in total. The maximum Gasteiger partial charge on any atom is 0.133 e. The van der Waals surface area contributed by atoms with Gasteiger partial charge in [0, 0.05) is 5.41 Å². The van der Waals surface area contributed by atoms with Gasteiger partial charge in [-0.1, -0.05) is 38.4 Å². The molecule has 0 fully saturated rings. The third-order valence-electron chi connectivity index (χ3n) is 2.65. The van der Waals surface area contributed by atoms with Crippen molar-refractivity contribution in [3.8, 4) is 11.8 Å². The predicted molar refractivity (Wildman–Crippen MR) is 72.0 cm³/mol. The minimum atomic E-state index is -0.0538. The zero-order valence-electron chi connectivity index (χ0n) is 10.6. The summed E-state index contributed by atoms with van der Waals surface area (Å²) in [5, 5.41) is 14.0. The third kappa shape index (κ3) is 2.39. The molecule has 0 spiro atoms. The van der Waals surface area contributed by atoms with Crippen LogP contribution in [0.2, 0.25) is 5.15 Å². The lowest BCUT2D eigenvalue weighted by molar-refractivity contribution is 0.560. The van der Waals surface area contributed by atoms with E-state index in [1.807, 2.05) is 18.2 Å². The molecule has 0 N–H and O–H groups in total. The summed E-state index contributed by atoms with van der Waals surface area (Å²) in [6.45, 7) is 6.26. The monoisotopic (exact) mass is 259 g/mol. The molecule has 0 aliphatic rings. The average Bonchev–Trinajstić information content (AvgIpc) is 2.71. The Morgan fingerprint density at radius 3 is 2.56 bits per heavy atom. The van der Waals surface area contributed by atoms with Crippen LogP contribution < -0.4 is 0 Å². The quantitative estimate of drug-likeness (QED) is 0.784. The van der Waals surface area contributed by atoms with Crippen molar-refractivity contribution in [2.45, 2.75) is 26.2 Å². The van der Waals surface area contributed by atoms with Crippen molar-refractivity contribution in [2.75, 3.05) is 0 Å². The van der Waals surface area contributed by atoms with Crippen LogP contribution in [-0.4, -0.2) is 9.78 Å². The van der Waals surface area contributed by atoms with Gasteiger partial charge in [-0.05, 0) is 24.3 Å². The minimum absolute atomic E-state index is 0.0538. The van der Waals surface area contributed by atoms with Crippen LogP contribution >= 0.6 is 11.6 Å². The van der Waals surface area contributed by atoms with Gasteiger partial charge in [0.2, 0.25) is 0 Å². The van der Waals surface area contributed by atoms with Gasteiger partial charge in [-0.2, -0.15) is 10.4 Å². The van der Waals surface area contributed by atoms with Crippen LogP contribution in [0.3, 0.4) is 0 Å². The smallest absolute Gasteiger partial charge is 0.133 e. The number of halogens is 1. The summed E-state index contributed by atoms with van der Waals surface area (Å²) in [5.41, 5.74) is 2.27. The van der Waals surface area contributed by atoms with Crippen molar-refractivity contribution in [3.63, 3.8) is 0 Å². The van der Waals surface area contributed by atoms with Crippen LogP contribution in [0.25, 0.3) is 5.69 Å². The molecule has 0 aliphatic heterocycles. The maximum atomic E-state index is 8.90. The van der Waals surface area contributed by atoms with Gasteiger partial charge in [0.05, 0.1) is 23.0 Å². The van der Waals surface area contributed by atoms with E-state index in [9.17, 15) is 0 Å². The number of nitrogens with zero attached hydrogens (tertiary/aromatic N) is 3. The van der Waals surface area contributed by atoms with Crippen molar-refractivity contribution in [1.29, 1.82) is 5.26 Å². The highest BCUT2D eigenvalue weighted by Gasteiger charge is 2.19. The van der Waals surface area contributed by atoms with Crippen molar-refractivity contribution in [1.82, 2.24) is 9.78 Å². The molecule has 2 aromatic rings. The fourth-order valence-electron chi connectivity index (χ4n) is 1.61. The first kappa shape index (κ1) is 12.7. The number of aromatic nitrogens is 2. The first-order valence-corrected chi connectivity index (χ1v) is 6.06. The summed E-state index contributed by atoms with van der Waals surface area (Å²) >= 11 is 6.20. The Morgan fingerprint density at radius 1 is 1.28 bits per heavy atom. The first-order valence-electron chi connectivity index (χ1n) is 5.68. The summed E-state index contributed by atoms with van der Waals surface area (Å²) < 4.78 is 1.66. The van der Waals surface area contributed by atoms with Gasteiger partial charge in [-0.15, -0.1) is 0 Å². The summed E-state index contributed by atoms with van der Waals surface area (Å²) in [7, 11) is 0. The van der Waals surface area contributed by atoms with E-state index in [1.54, 1.807) is 16.8 Å². The van der Waals surface area contributed by atoms with Crippen LogP contribution in [-0.2, 0) is 5.41 Å². The Labute approximate surface area is 112 Å². The lowest BCUT2D eigenvalue weighted by atomic mass is 9.93. The van der Waals surface area contributed by atoms with E-state index in [-0.39, 0.29) is 5.41 Å². The fraction of sp³-hybridized carbons (Fsp3) is 0.286. The Balaban J connectivity index is 2.52. The van der Waals surface area contributed by atoms with E-state index < -0.39 is 0 Å². The van der Waals surface area contributed by atoms with E-state index in [1.165, 1.54) is 0 Å². The molecule has 0 saturated carbocycles. The van der Waals surface area contributed by atoms with Crippen LogP contribution in [0.1, 0.15) is 32.0 Å². The number of hydrogen-bond acceptors (Lipinski definition) is 2. The SMILES string of the molecule is CC(C)(C)c1cc(Cl)n(-c2cccc(C#N)c2)n1. The Bertz CT molecular complexity index is 615. The van der Waals surface area contributed by atoms with E-state index in [2.05, 4.69) is 31.9 Å². The number of benzene rings is 1. The van der Waals surface area contributed by atoms with Crippen LogP contribution in [0.5, 0.6) is 0 Å². The standard InChI is InChI=1S/C14H14ClN3/c1-14(2,3)12-8-13(15)18(17-12)11-6-4-5-10(7-11)9-16/h4-8H,1-3H3. The van der Waals surface area contributed by atoms with Crippen molar-refractivity contribution in [2.24, 2.45) is 0 Å². The van der Waals surface area contributed by atoms with Gasteiger partial charge < -0.3 is 0 Å². The topological polar surface area (TPSA) is 41.6 Å². The molecule has 0 amide bonds. The molecule has 1 aromatic carbocycles. The Morgan fingerprint density at radius 2 is 2.00 bits per heavy atom. The van der Waals surface area contributed by atoms with Gasteiger partial charge >= 0.3 is 0 Å². The van der Waals surface area contributed by atoms with Crippen LogP contribution in [0.4, 0.5) is 0 Å². The fourth-order valence-corrected chi connectivity index (χ4v) is 1.85. The van der Waals surface area contributed by atoms with E-state index in [0.29, 0.717) is 10.7 Å². The molecule has 1 heterocycles. The zero-order chi connectivity index (χ0) is 13.3. The molecule has 0 saturated heterocycles. The van der Waals surface area contributed by atoms with Crippen molar-refractivity contribution >= 4 is 11.6 Å². The lowest BCUT2D eigenvalue weighted by Gasteiger charge is -2.14. The molecule has 4 heteroatoms. The summed E-state index contributed by atoms with van der Waals surface area (Å²) in [6.07, 6.45) is 0. The van der Waals surface area contributed by atoms with Gasteiger partial charge in [-0.25, -0.2) is 4.68 Å². The Kier molecular flexibility index (Phi) is 3.14. The van der Waals surface area contributed by atoms with Gasteiger partial charge in [0.15, 0.2) is 0 Å². The molecule has 0 radical (unpaired) electrons. The van der Waals surface area contributed by atoms with Crippen molar-refractivity contribution < 1.29 is 0 Å². The highest BCUT2D eigenvalue weighted by Crippen LogP contribution is 2.26. The summed E-state index contributed by atoms with van der Waals surface area (Å²) in [5.74, 6) is 0. The minimum Gasteiger partial charge on any atom is -0.222 e.